The molecular formula is C15H18NO3-. The fourth-order valence-electron chi connectivity index (χ4n) is 2.80. The third-order valence-corrected chi connectivity index (χ3v) is 3.75. The van der Waals surface area contributed by atoms with Crippen LogP contribution in [0.15, 0.2) is 30.3 Å². The predicted octanol–water partition coefficient (Wildman–Crippen LogP) is 1.45. The molecule has 0 radical (unpaired) electrons. The van der Waals surface area contributed by atoms with E-state index < -0.39 is 6.09 Å². The molecule has 0 aromatic heterocycles. The molecule has 0 saturated carbocycles. The Bertz CT molecular complexity index is 458. The second-order valence-electron chi connectivity index (χ2n) is 5.06. The lowest BCUT2D eigenvalue weighted by Gasteiger charge is -2.16. The zero-order valence-electron chi connectivity index (χ0n) is 11.0. The molecule has 0 aliphatic carbocycles. The van der Waals surface area contributed by atoms with E-state index in [1.807, 2.05) is 37.3 Å². The molecule has 2 amide bonds. The summed E-state index contributed by atoms with van der Waals surface area (Å²) < 4.78 is 0. The van der Waals surface area contributed by atoms with Crippen LogP contribution in [0.2, 0.25) is 0 Å². The van der Waals surface area contributed by atoms with Gasteiger partial charge in [-0.05, 0) is 24.3 Å². The van der Waals surface area contributed by atoms with Gasteiger partial charge in [-0.3, -0.25) is 9.69 Å². The van der Waals surface area contributed by atoms with Gasteiger partial charge in [0.05, 0.1) is 0 Å². The van der Waals surface area contributed by atoms with Gasteiger partial charge in [-0.25, -0.2) is 0 Å². The second-order valence-corrected chi connectivity index (χ2v) is 5.06. The Kier molecular flexibility index (Phi) is 4.20. The molecule has 1 saturated heterocycles. The molecule has 1 aliphatic rings. The molecule has 4 heteroatoms. The van der Waals surface area contributed by atoms with E-state index in [0.717, 1.165) is 23.3 Å². The number of benzene rings is 1. The maximum Gasteiger partial charge on any atom is 0.231 e. The number of carboxylic acid groups (broad SMARTS) is 1. The number of carbonyl (C=O) groups is 2. The first kappa shape index (κ1) is 13.6. The Morgan fingerprint density at radius 3 is 2.63 bits per heavy atom. The molecule has 4 nitrogen and oxygen atoms in total. The van der Waals surface area contributed by atoms with Crippen molar-refractivity contribution in [3.63, 3.8) is 0 Å². The van der Waals surface area contributed by atoms with Gasteiger partial charge < -0.3 is 9.90 Å². The molecule has 102 valence electrons. The largest absolute Gasteiger partial charge is 0.530 e. The van der Waals surface area contributed by atoms with Crippen molar-refractivity contribution in [3.8, 4) is 0 Å². The lowest BCUT2D eigenvalue weighted by atomic mass is 9.86. The van der Waals surface area contributed by atoms with E-state index in [-0.39, 0.29) is 24.3 Å². The van der Waals surface area contributed by atoms with Crippen LogP contribution in [0, 0.1) is 11.8 Å². The molecule has 0 N–H and O–H groups in total. The minimum Gasteiger partial charge on any atom is -0.530 e. The highest BCUT2D eigenvalue weighted by molar-refractivity contribution is 5.94. The third-order valence-electron chi connectivity index (χ3n) is 3.75. The maximum atomic E-state index is 12.1. The second kappa shape index (κ2) is 5.87. The van der Waals surface area contributed by atoms with E-state index in [0.29, 0.717) is 6.42 Å². The van der Waals surface area contributed by atoms with Gasteiger partial charge in [0, 0.05) is 12.5 Å². The molecule has 1 aliphatic heterocycles. The van der Waals surface area contributed by atoms with Crippen molar-refractivity contribution in [1.29, 1.82) is 0 Å². The monoisotopic (exact) mass is 260 g/mol. The molecule has 1 heterocycles. The predicted molar refractivity (Wildman–Crippen MR) is 69.1 cm³/mol. The van der Waals surface area contributed by atoms with Crippen LogP contribution in [0.3, 0.4) is 0 Å². The Labute approximate surface area is 113 Å². The van der Waals surface area contributed by atoms with Crippen LogP contribution in [0.1, 0.15) is 25.3 Å². The third kappa shape index (κ3) is 2.95. The van der Waals surface area contributed by atoms with Crippen LogP contribution in [0.4, 0.5) is 4.79 Å². The fourth-order valence-corrected chi connectivity index (χ4v) is 2.80. The molecule has 0 spiro atoms. The molecule has 2 rings (SSSR count). The number of rotatable bonds is 4. The van der Waals surface area contributed by atoms with Crippen LogP contribution in [-0.4, -0.2) is 23.4 Å². The quantitative estimate of drug-likeness (QED) is 0.823. The van der Waals surface area contributed by atoms with Gasteiger partial charge in [-0.15, -0.1) is 0 Å². The molecule has 1 aromatic carbocycles. The lowest BCUT2D eigenvalue weighted by molar-refractivity contribution is -0.263. The first-order valence-electron chi connectivity index (χ1n) is 6.69. The summed E-state index contributed by atoms with van der Waals surface area (Å²) >= 11 is 0. The lowest BCUT2D eigenvalue weighted by Crippen LogP contribution is -2.43. The molecule has 0 bridgehead atoms. The zero-order valence-corrected chi connectivity index (χ0v) is 11.0. The average Bonchev–Trinajstić information content (AvgIpc) is 2.70. The van der Waals surface area contributed by atoms with E-state index >= 15 is 0 Å². The standard InChI is InChI=1S/C15H19NO3/c1-2-6-12-10-16(15(18)19)14(17)13(12)9-11-7-4-3-5-8-11/h3-5,7-8,12-13H,2,6,9-10H2,1H3,(H,18,19)/p-1. The number of amides is 2. The van der Waals surface area contributed by atoms with Crippen LogP contribution in [0.5, 0.6) is 0 Å². The molecule has 1 aromatic rings. The summed E-state index contributed by atoms with van der Waals surface area (Å²) in [7, 11) is 0. The van der Waals surface area contributed by atoms with Gasteiger partial charge in [-0.1, -0.05) is 43.7 Å². The zero-order chi connectivity index (χ0) is 13.8. The number of nitrogens with zero attached hydrogens (tertiary/aromatic N) is 1. The van der Waals surface area contributed by atoms with Gasteiger partial charge in [0.2, 0.25) is 5.91 Å². The van der Waals surface area contributed by atoms with Crippen LogP contribution < -0.4 is 5.11 Å². The summed E-state index contributed by atoms with van der Waals surface area (Å²) in [5.74, 6) is -0.432. The van der Waals surface area contributed by atoms with E-state index in [2.05, 4.69) is 0 Å². The van der Waals surface area contributed by atoms with Crippen molar-refractivity contribution in [2.24, 2.45) is 11.8 Å². The smallest absolute Gasteiger partial charge is 0.231 e. The van der Waals surface area contributed by atoms with E-state index in [9.17, 15) is 14.7 Å². The SMILES string of the molecule is CCCC1CN(C(=O)[O-])C(=O)C1Cc1ccccc1. The average molecular weight is 260 g/mol. The van der Waals surface area contributed by atoms with E-state index in [1.165, 1.54) is 0 Å². The Balaban J connectivity index is 2.15. The molecular weight excluding hydrogens is 242 g/mol. The summed E-state index contributed by atoms with van der Waals surface area (Å²) in [6.07, 6.45) is 1.05. The minimum atomic E-state index is -1.37. The van der Waals surface area contributed by atoms with Gasteiger partial charge in [0.15, 0.2) is 0 Å². The van der Waals surface area contributed by atoms with Crippen LogP contribution in [0.25, 0.3) is 0 Å². The van der Waals surface area contributed by atoms with Crippen molar-refractivity contribution in [2.45, 2.75) is 26.2 Å². The Morgan fingerprint density at radius 2 is 2.05 bits per heavy atom. The fraction of sp³-hybridized carbons (Fsp3) is 0.467. The van der Waals surface area contributed by atoms with Crippen molar-refractivity contribution < 1.29 is 14.7 Å². The highest BCUT2D eigenvalue weighted by atomic mass is 16.4. The summed E-state index contributed by atoms with van der Waals surface area (Å²) in [5, 5.41) is 11.0. The molecule has 1 fully saturated rings. The highest BCUT2D eigenvalue weighted by Crippen LogP contribution is 2.31. The van der Waals surface area contributed by atoms with Gasteiger partial charge in [-0.2, -0.15) is 0 Å². The molecule has 19 heavy (non-hydrogen) atoms. The van der Waals surface area contributed by atoms with Crippen molar-refractivity contribution >= 4 is 12.0 Å². The van der Waals surface area contributed by atoms with E-state index in [1.54, 1.807) is 0 Å². The van der Waals surface area contributed by atoms with Crippen molar-refractivity contribution in [3.05, 3.63) is 35.9 Å². The first-order chi connectivity index (χ1) is 9.13. The highest BCUT2D eigenvalue weighted by Gasteiger charge is 2.40. The normalized spacial score (nSPS) is 22.8. The maximum absolute atomic E-state index is 12.1. The number of carbonyl (C=O) groups excluding carboxylic acids is 2. The van der Waals surface area contributed by atoms with Crippen molar-refractivity contribution in [1.82, 2.24) is 4.90 Å². The van der Waals surface area contributed by atoms with Gasteiger partial charge >= 0.3 is 0 Å². The van der Waals surface area contributed by atoms with Crippen LogP contribution in [-0.2, 0) is 11.2 Å². The summed E-state index contributed by atoms with van der Waals surface area (Å²) in [5.41, 5.74) is 1.07. The van der Waals surface area contributed by atoms with E-state index in [4.69, 9.17) is 0 Å². The minimum absolute atomic E-state index is 0.107. The van der Waals surface area contributed by atoms with Gasteiger partial charge in [0.25, 0.3) is 0 Å². The number of imide groups is 1. The van der Waals surface area contributed by atoms with Crippen molar-refractivity contribution in [2.75, 3.05) is 6.54 Å². The summed E-state index contributed by atoms with van der Waals surface area (Å²) in [6.45, 7) is 2.33. The summed E-state index contributed by atoms with van der Waals surface area (Å²) in [4.78, 5) is 24.0. The Hall–Kier alpha value is -1.84. The topological polar surface area (TPSA) is 60.4 Å². The first-order valence-corrected chi connectivity index (χ1v) is 6.69. The number of hydrogen-bond donors (Lipinski definition) is 0. The summed E-state index contributed by atoms with van der Waals surface area (Å²) in [6, 6.07) is 9.73. The van der Waals surface area contributed by atoms with Crippen LogP contribution >= 0.6 is 0 Å². The molecule has 2 unspecified atom stereocenters. The number of likely N-dealkylation sites (tertiary alicyclic amines) is 1. The van der Waals surface area contributed by atoms with Gasteiger partial charge in [0.1, 0.15) is 6.09 Å². The number of hydrogen-bond acceptors (Lipinski definition) is 3. The Morgan fingerprint density at radius 1 is 1.37 bits per heavy atom. The molecule has 2 atom stereocenters.